The van der Waals surface area contributed by atoms with E-state index in [4.69, 9.17) is 9.47 Å². The molecule has 4 aliphatic heterocycles. The third-order valence-electron chi connectivity index (χ3n) is 7.47. The number of ether oxygens (including phenoxy) is 2. The number of carbonyl (C=O) groups is 3. The maximum absolute atomic E-state index is 13.3. The van der Waals surface area contributed by atoms with Crippen LogP contribution < -0.4 is 19.7 Å². The van der Waals surface area contributed by atoms with Crippen LogP contribution in [0.25, 0.3) is 0 Å². The van der Waals surface area contributed by atoms with Crippen LogP contribution in [0.1, 0.15) is 30.7 Å². The minimum Gasteiger partial charge on any atom is -0.486 e. The van der Waals surface area contributed by atoms with Gasteiger partial charge in [-0.3, -0.25) is 14.4 Å². The highest BCUT2D eigenvalue weighted by molar-refractivity contribution is 6.03. The number of piperidine rings is 1. The van der Waals surface area contributed by atoms with Crippen molar-refractivity contribution in [1.29, 1.82) is 0 Å². The minimum atomic E-state index is -0.354. The summed E-state index contributed by atoms with van der Waals surface area (Å²) in [5.41, 5.74) is 2.70. The van der Waals surface area contributed by atoms with Crippen molar-refractivity contribution in [3.05, 3.63) is 48.0 Å². The Morgan fingerprint density at radius 3 is 2.56 bits per heavy atom. The Morgan fingerprint density at radius 1 is 0.971 bits per heavy atom. The highest BCUT2D eigenvalue weighted by atomic mass is 16.6. The Morgan fingerprint density at radius 2 is 1.74 bits per heavy atom. The van der Waals surface area contributed by atoms with Gasteiger partial charge in [-0.05, 0) is 42.5 Å². The first kappa shape index (κ1) is 21.0. The minimum absolute atomic E-state index is 0.0307. The van der Waals surface area contributed by atoms with Crippen molar-refractivity contribution in [3.63, 3.8) is 0 Å². The van der Waals surface area contributed by atoms with Crippen LogP contribution in [0.5, 0.6) is 11.5 Å². The van der Waals surface area contributed by atoms with E-state index in [1.54, 1.807) is 4.90 Å². The first-order valence-electron chi connectivity index (χ1n) is 12.0. The van der Waals surface area contributed by atoms with Crippen LogP contribution in [-0.4, -0.2) is 55.5 Å². The predicted molar refractivity (Wildman–Crippen MR) is 125 cm³/mol. The summed E-state index contributed by atoms with van der Waals surface area (Å²) in [6.45, 7) is 2.60. The lowest BCUT2D eigenvalue weighted by Crippen LogP contribution is -2.43. The summed E-state index contributed by atoms with van der Waals surface area (Å²) in [7, 11) is 0. The number of benzene rings is 2. The molecule has 176 valence electrons. The van der Waals surface area contributed by atoms with Gasteiger partial charge in [-0.15, -0.1) is 0 Å². The maximum atomic E-state index is 13.3. The zero-order valence-electron chi connectivity index (χ0n) is 18.9. The highest BCUT2D eigenvalue weighted by Gasteiger charge is 2.41. The third-order valence-corrected chi connectivity index (χ3v) is 7.47. The van der Waals surface area contributed by atoms with Gasteiger partial charge in [-0.2, -0.15) is 0 Å². The normalized spacial score (nSPS) is 24.2. The van der Waals surface area contributed by atoms with Gasteiger partial charge in [-0.25, -0.2) is 0 Å². The average molecular weight is 462 g/mol. The number of amides is 3. The second-order valence-electron chi connectivity index (χ2n) is 9.45. The Bertz CT molecular complexity index is 1160. The van der Waals surface area contributed by atoms with Crippen molar-refractivity contribution in [2.24, 2.45) is 11.8 Å². The van der Waals surface area contributed by atoms with Gasteiger partial charge in [0, 0.05) is 43.5 Å². The molecule has 2 fully saturated rings. The van der Waals surface area contributed by atoms with Crippen molar-refractivity contribution < 1.29 is 23.9 Å². The van der Waals surface area contributed by atoms with Gasteiger partial charge in [0.1, 0.15) is 13.2 Å². The number of nitrogens with zero attached hydrogens (tertiary/aromatic N) is 2. The fourth-order valence-corrected chi connectivity index (χ4v) is 5.74. The van der Waals surface area contributed by atoms with E-state index < -0.39 is 0 Å². The second-order valence-corrected chi connectivity index (χ2v) is 9.45. The topological polar surface area (TPSA) is 88.2 Å². The van der Waals surface area contributed by atoms with Crippen LogP contribution in [0.4, 0.5) is 11.4 Å². The molecule has 2 aromatic rings. The van der Waals surface area contributed by atoms with E-state index in [2.05, 4.69) is 5.32 Å². The molecule has 34 heavy (non-hydrogen) atoms. The number of rotatable bonds is 3. The standard InChI is InChI=1S/C26H27N3O5/c30-23-13-17(15-29(23)18-5-6-21-22(14-18)34-12-11-33-21)26(32)28-9-7-16(8-10-28)24-19-3-1-2-4-20(19)27-25(24)31/h1-6,14,16-17,24H,7-13,15H2,(H,27,31). The van der Waals surface area contributed by atoms with E-state index in [0.29, 0.717) is 44.3 Å². The molecule has 4 heterocycles. The van der Waals surface area contributed by atoms with Crippen LogP contribution >= 0.6 is 0 Å². The molecule has 0 bridgehead atoms. The molecular formula is C26H27N3O5. The van der Waals surface area contributed by atoms with Crippen molar-refractivity contribution in [1.82, 2.24) is 4.90 Å². The number of anilines is 2. The van der Waals surface area contributed by atoms with Crippen LogP contribution in [0.15, 0.2) is 42.5 Å². The summed E-state index contributed by atoms with van der Waals surface area (Å²) >= 11 is 0. The van der Waals surface area contributed by atoms with Crippen LogP contribution in [0, 0.1) is 11.8 Å². The van der Waals surface area contributed by atoms with Gasteiger partial charge in [-0.1, -0.05) is 18.2 Å². The molecule has 3 amide bonds. The molecule has 0 aromatic heterocycles. The second kappa shape index (κ2) is 8.34. The Balaban J connectivity index is 1.09. The molecule has 8 heteroatoms. The molecule has 2 saturated heterocycles. The summed E-state index contributed by atoms with van der Waals surface area (Å²) in [5, 5.41) is 2.99. The molecule has 2 unspecified atom stereocenters. The number of hydrogen-bond acceptors (Lipinski definition) is 5. The summed E-state index contributed by atoms with van der Waals surface area (Å²) in [6, 6.07) is 13.3. The number of nitrogens with one attached hydrogen (secondary N) is 1. The first-order chi connectivity index (χ1) is 16.6. The SMILES string of the molecule is O=C1Nc2ccccc2C1C1CCN(C(=O)C2CC(=O)N(c3ccc4c(c3)OCCO4)C2)CC1. The number of para-hydroxylation sites is 1. The van der Waals surface area contributed by atoms with Gasteiger partial charge in [0.15, 0.2) is 11.5 Å². The molecule has 8 nitrogen and oxygen atoms in total. The molecule has 4 aliphatic rings. The lowest BCUT2D eigenvalue weighted by Gasteiger charge is -2.35. The summed E-state index contributed by atoms with van der Waals surface area (Å²) in [5.74, 6) is 1.06. The number of likely N-dealkylation sites (tertiary alicyclic amines) is 1. The third kappa shape index (κ3) is 3.57. The lowest BCUT2D eigenvalue weighted by atomic mass is 9.80. The summed E-state index contributed by atoms with van der Waals surface area (Å²) in [6.07, 6.45) is 1.78. The van der Waals surface area contributed by atoms with E-state index in [1.807, 2.05) is 47.4 Å². The largest absolute Gasteiger partial charge is 0.486 e. The molecule has 2 atom stereocenters. The van der Waals surface area contributed by atoms with Crippen LogP contribution in [0.3, 0.4) is 0 Å². The molecule has 0 spiro atoms. The molecule has 0 saturated carbocycles. The molecule has 0 aliphatic carbocycles. The zero-order valence-corrected chi connectivity index (χ0v) is 18.9. The van der Waals surface area contributed by atoms with Crippen molar-refractivity contribution in [2.45, 2.75) is 25.2 Å². The van der Waals surface area contributed by atoms with Gasteiger partial charge in [0.2, 0.25) is 17.7 Å². The van der Waals surface area contributed by atoms with Crippen LogP contribution in [0.2, 0.25) is 0 Å². The average Bonchev–Trinajstić information content (AvgIpc) is 3.42. The Kier molecular flexibility index (Phi) is 5.16. The fourth-order valence-electron chi connectivity index (χ4n) is 5.74. The number of fused-ring (bicyclic) bond motifs is 2. The molecule has 0 radical (unpaired) electrons. The summed E-state index contributed by atoms with van der Waals surface area (Å²) < 4.78 is 11.2. The molecule has 6 rings (SSSR count). The lowest BCUT2D eigenvalue weighted by molar-refractivity contribution is -0.137. The van der Waals surface area contributed by atoms with Gasteiger partial charge >= 0.3 is 0 Å². The van der Waals surface area contributed by atoms with E-state index in [1.165, 1.54) is 0 Å². The number of carbonyl (C=O) groups excluding carboxylic acids is 3. The monoisotopic (exact) mass is 461 g/mol. The quantitative estimate of drug-likeness (QED) is 0.760. The van der Waals surface area contributed by atoms with E-state index in [-0.39, 0.29) is 41.9 Å². The van der Waals surface area contributed by atoms with E-state index in [0.717, 1.165) is 29.8 Å². The van der Waals surface area contributed by atoms with Crippen molar-refractivity contribution in [2.75, 3.05) is 43.1 Å². The first-order valence-corrected chi connectivity index (χ1v) is 12.0. The zero-order chi connectivity index (χ0) is 23.2. The summed E-state index contributed by atoms with van der Waals surface area (Å²) in [4.78, 5) is 42.2. The predicted octanol–water partition coefficient (Wildman–Crippen LogP) is 2.79. The Labute approximate surface area is 197 Å². The molecule has 1 N–H and O–H groups in total. The Hall–Kier alpha value is -3.55. The van der Waals surface area contributed by atoms with Gasteiger partial charge in [0.05, 0.1) is 11.8 Å². The van der Waals surface area contributed by atoms with E-state index in [9.17, 15) is 14.4 Å². The molecule has 2 aromatic carbocycles. The van der Waals surface area contributed by atoms with Gasteiger partial charge in [0.25, 0.3) is 0 Å². The fraction of sp³-hybridized carbons (Fsp3) is 0.423. The van der Waals surface area contributed by atoms with Crippen molar-refractivity contribution in [3.8, 4) is 11.5 Å². The maximum Gasteiger partial charge on any atom is 0.232 e. The molecular weight excluding hydrogens is 434 g/mol. The smallest absolute Gasteiger partial charge is 0.232 e. The van der Waals surface area contributed by atoms with Crippen molar-refractivity contribution >= 4 is 29.1 Å². The highest BCUT2D eigenvalue weighted by Crippen LogP contribution is 2.42. The number of hydrogen-bond donors (Lipinski definition) is 1. The van der Waals surface area contributed by atoms with Crippen LogP contribution in [-0.2, 0) is 14.4 Å². The van der Waals surface area contributed by atoms with E-state index >= 15 is 0 Å². The van der Waals surface area contributed by atoms with Gasteiger partial charge < -0.3 is 24.6 Å².